The van der Waals surface area contributed by atoms with Gasteiger partial charge in [-0.25, -0.2) is 0 Å². The Morgan fingerprint density at radius 2 is 1.79 bits per heavy atom. The summed E-state index contributed by atoms with van der Waals surface area (Å²) in [5.74, 6) is 2.15. The third kappa shape index (κ3) is 3.50. The molecule has 2 saturated carbocycles. The van der Waals surface area contributed by atoms with Crippen LogP contribution in [0.3, 0.4) is 0 Å². The van der Waals surface area contributed by atoms with E-state index in [0.29, 0.717) is 5.88 Å². The van der Waals surface area contributed by atoms with E-state index in [2.05, 4.69) is 4.90 Å². The molecule has 102 valence electrons. The molecule has 1 amide bonds. The van der Waals surface area contributed by atoms with Gasteiger partial charge in [-0.3, -0.25) is 4.79 Å². The number of nitrogens with zero attached hydrogens (tertiary/aromatic N) is 1. The lowest BCUT2D eigenvalue weighted by molar-refractivity contribution is 0.0739. The van der Waals surface area contributed by atoms with Crippen molar-refractivity contribution >= 4 is 17.5 Å². The standard InChI is InChI=1S/C16H20ClNO/c17-9-14-2-1-3-15(8-14)16(19)18(10-12-4-5-12)11-13-6-7-13/h1-3,8,12-13H,4-7,9-11H2. The van der Waals surface area contributed by atoms with Crippen LogP contribution in [0.1, 0.15) is 41.6 Å². The van der Waals surface area contributed by atoms with Crippen LogP contribution < -0.4 is 0 Å². The Bertz CT molecular complexity index is 452. The zero-order valence-electron chi connectivity index (χ0n) is 11.1. The molecule has 0 aromatic heterocycles. The van der Waals surface area contributed by atoms with Crippen LogP contribution in [0.4, 0.5) is 0 Å². The van der Waals surface area contributed by atoms with Gasteiger partial charge in [0.15, 0.2) is 0 Å². The molecule has 2 aliphatic carbocycles. The topological polar surface area (TPSA) is 20.3 Å². The molecular formula is C16H20ClNO. The molecule has 0 spiro atoms. The first-order valence-corrected chi connectivity index (χ1v) is 7.74. The second kappa shape index (κ2) is 5.54. The van der Waals surface area contributed by atoms with Crippen molar-refractivity contribution in [3.8, 4) is 0 Å². The number of carbonyl (C=O) groups is 1. The van der Waals surface area contributed by atoms with Gasteiger partial charge in [0.1, 0.15) is 0 Å². The highest BCUT2D eigenvalue weighted by Crippen LogP contribution is 2.34. The Balaban J connectivity index is 1.72. The van der Waals surface area contributed by atoms with Gasteiger partial charge >= 0.3 is 0 Å². The molecule has 2 nitrogen and oxygen atoms in total. The minimum absolute atomic E-state index is 0.186. The molecule has 0 heterocycles. The largest absolute Gasteiger partial charge is 0.338 e. The second-order valence-electron chi connectivity index (χ2n) is 5.93. The first-order chi connectivity index (χ1) is 9.26. The minimum Gasteiger partial charge on any atom is -0.338 e. The molecule has 0 bridgehead atoms. The summed E-state index contributed by atoms with van der Waals surface area (Å²) < 4.78 is 0. The van der Waals surface area contributed by atoms with Crippen molar-refractivity contribution in [2.45, 2.75) is 31.6 Å². The zero-order valence-corrected chi connectivity index (χ0v) is 11.9. The van der Waals surface area contributed by atoms with Gasteiger partial charge in [-0.15, -0.1) is 11.6 Å². The maximum absolute atomic E-state index is 12.6. The Morgan fingerprint density at radius 1 is 1.16 bits per heavy atom. The highest BCUT2D eigenvalue weighted by molar-refractivity contribution is 6.17. The summed E-state index contributed by atoms with van der Waals surface area (Å²) in [6.07, 6.45) is 5.15. The molecule has 0 N–H and O–H groups in total. The molecule has 0 radical (unpaired) electrons. The summed E-state index contributed by atoms with van der Waals surface area (Å²) in [6.45, 7) is 1.89. The highest BCUT2D eigenvalue weighted by atomic mass is 35.5. The molecular weight excluding hydrogens is 258 g/mol. The molecule has 0 unspecified atom stereocenters. The normalized spacial score (nSPS) is 18.4. The number of rotatable bonds is 6. The van der Waals surface area contributed by atoms with Crippen LogP contribution in [-0.2, 0) is 5.88 Å². The van der Waals surface area contributed by atoms with E-state index in [1.807, 2.05) is 24.3 Å². The predicted octanol–water partition coefficient (Wildman–Crippen LogP) is 3.69. The SMILES string of the molecule is O=C(c1cccc(CCl)c1)N(CC1CC1)CC1CC1. The lowest BCUT2D eigenvalue weighted by atomic mass is 10.1. The second-order valence-corrected chi connectivity index (χ2v) is 6.20. The van der Waals surface area contributed by atoms with E-state index in [1.54, 1.807) is 0 Å². The van der Waals surface area contributed by atoms with Gasteiger partial charge in [0.05, 0.1) is 0 Å². The molecule has 19 heavy (non-hydrogen) atoms. The zero-order chi connectivity index (χ0) is 13.2. The van der Waals surface area contributed by atoms with E-state index in [4.69, 9.17) is 11.6 Å². The van der Waals surface area contributed by atoms with Crippen molar-refractivity contribution in [1.82, 2.24) is 4.90 Å². The van der Waals surface area contributed by atoms with Gasteiger partial charge in [0, 0.05) is 24.5 Å². The molecule has 1 aromatic carbocycles. The van der Waals surface area contributed by atoms with E-state index in [0.717, 1.165) is 36.1 Å². The Kier molecular flexibility index (Phi) is 3.79. The molecule has 2 aliphatic rings. The van der Waals surface area contributed by atoms with Crippen molar-refractivity contribution in [1.29, 1.82) is 0 Å². The maximum Gasteiger partial charge on any atom is 0.253 e. The molecule has 3 rings (SSSR count). The number of carbonyl (C=O) groups excluding carboxylic acids is 1. The first kappa shape index (κ1) is 13.0. The van der Waals surface area contributed by atoms with Gasteiger partial charge in [-0.05, 0) is 55.2 Å². The van der Waals surface area contributed by atoms with Gasteiger partial charge in [0.2, 0.25) is 0 Å². The lowest BCUT2D eigenvalue weighted by Gasteiger charge is -2.23. The van der Waals surface area contributed by atoms with Gasteiger partial charge in [-0.1, -0.05) is 12.1 Å². The van der Waals surface area contributed by atoms with Crippen LogP contribution in [-0.4, -0.2) is 23.9 Å². The van der Waals surface area contributed by atoms with Crippen molar-refractivity contribution in [3.05, 3.63) is 35.4 Å². The van der Waals surface area contributed by atoms with Crippen LogP contribution in [0.2, 0.25) is 0 Å². The Hall–Kier alpha value is -1.02. The van der Waals surface area contributed by atoms with Crippen LogP contribution in [0, 0.1) is 11.8 Å². The van der Waals surface area contributed by atoms with Crippen molar-refractivity contribution in [2.24, 2.45) is 11.8 Å². The smallest absolute Gasteiger partial charge is 0.253 e. The molecule has 0 aliphatic heterocycles. The Labute approximate surface area is 119 Å². The van der Waals surface area contributed by atoms with E-state index in [-0.39, 0.29) is 5.91 Å². The van der Waals surface area contributed by atoms with Crippen molar-refractivity contribution in [2.75, 3.05) is 13.1 Å². The number of amides is 1. The van der Waals surface area contributed by atoms with Crippen LogP contribution in [0.15, 0.2) is 24.3 Å². The average Bonchev–Trinajstić information content (AvgIpc) is 3.32. The third-order valence-corrected chi connectivity index (χ3v) is 4.28. The third-order valence-electron chi connectivity index (χ3n) is 3.97. The first-order valence-electron chi connectivity index (χ1n) is 7.20. The fraction of sp³-hybridized carbons (Fsp3) is 0.562. The quantitative estimate of drug-likeness (QED) is 0.726. The van der Waals surface area contributed by atoms with Crippen molar-refractivity contribution in [3.63, 3.8) is 0 Å². The fourth-order valence-corrected chi connectivity index (χ4v) is 2.60. The summed E-state index contributed by atoms with van der Waals surface area (Å²) in [5.41, 5.74) is 1.81. The lowest BCUT2D eigenvalue weighted by Crippen LogP contribution is -2.34. The number of hydrogen-bond acceptors (Lipinski definition) is 1. The Morgan fingerprint density at radius 3 is 2.32 bits per heavy atom. The predicted molar refractivity (Wildman–Crippen MR) is 77.4 cm³/mol. The molecule has 2 fully saturated rings. The van der Waals surface area contributed by atoms with E-state index < -0.39 is 0 Å². The molecule has 3 heteroatoms. The van der Waals surface area contributed by atoms with Crippen LogP contribution >= 0.6 is 11.6 Å². The van der Waals surface area contributed by atoms with Gasteiger partial charge in [0.25, 0.3) is 5.91 Å². The number of halogens is 1. The maximum atomic E-state index is 12.6. The summed E-state index contributed by atoms with van der Waals surface area (Å²) in [4.78, 5) is 14.7. The van der Waals surface area contributed by atoms with Crippen LogP contribution in [0.5, 0.6) is 0 Å². The summed E-state index contributed by atoms with van der Waals surface area (Å²) >= 11 is 5.85. The number of hydrogen-bond donors (Lipinski definition) is 0. The molecule has 1 aromatic rings. The minimum atomic E-state index is 0.186. The van der Waals surface area contributed by atoms with E-state index >= 15 is 0 Å². The molecule has 0 saturated heterocycles. The number of alkyl halides is 1. The van der Waals surface area contributed by atoms with E-state index in [9.17, 15) is 4.79 Å². The monoisotopic (exact) mass is 277 g/mol. The van der Waals surface area contributed by atoms with Gasteiger partial charge < -0.3 is 4.90 Å². The highest BCUT2D eigenvalue weighted by Gasteiger charge is 2.31. The molecule has 0 atom stereocenters. The summed E-state index contributed by atoms with van der Waals surface area (Å²) in [5, 5.41) is 0. The summed E-state index contributed by atoms with van der Waals surface area (Å²) in [6, 6.07) is 7.74. The van der Waals surface area contributed by atoms with Crippen LogP contribution in [0.25, 0.3) is 0 Å². The van der Waals surface area contributed by atoms with E-state index in [1.165, 1.54) is 25.7 Å². The number of benzene rings is 1. The fourth-order valence-electron chi connectivity index (χ4n) is 2.43. The summed E-state index contributed by atoms with van der Waals surface area (Å²) in [7, 11) is 0. The van der Waals surface area contributed by atoms with Gasteiger partial charge in [-0.2, -0.15) is 0 Å². The average molecular weight is 278 g/mol. The van der Waals surface area contributed by atoms with Crippen molar-refractivity contribution < 1.29 is 4.79 Å².